The number of carbonyl (C=O) groups is 1. The van der Waals surface area contributed by atoms with E-state index in [1.165, 1.54) is 5.56 Å². The third kappa shape index (κ3) is 5.30. The summed E-state index contributed by atoms with van der Waals surface area (Å²) in [7, 11) is 0. The highest BCUT2D eigenvalue weighted by Crippen LogP contribution is 2.37. The summed E-state index contributed by atoms with van der Waals surface area (Å²) >= 11 is 6.46. The average molecular weight is 410 g/mol. The molecule has 0 fully saturated rings. The Hall–Kier alpha value is -2.98. The maximum absolute atomic E-state index is 12.7. The lowest BCUT2D eigenvalue weighted by atomic mass is 10.1. The molecular weight excluding hydrogens is 386 g/mol. The first-order valence-electron chi connectivity index (χ1n) is 9.49. The molecule has 0 saturated carbocycles. The number of amides is 1. The lowest BCUT2D eigenvalue weighted by Gasteiger charge is -2.16. The van der Waals surface area contributed by atoms with Gasteiger partial charge < -0.3 is 14.8 Å². The van der Waals surface area contributed by atoms with Gasteiger partial charge in [0.25, 0.3) is 5.91 Å². The minimum atomic E-state index is -0.257. The quantitative estimate of drug-likeness (QED) is 0.506. The number of para-hydroxylation sites is 1. The van der Waals surface area contributed by atoms with Crippen LogP contribution in [0.5, 0.6) is 11.5 Å². The van der Waals surface area contributed by atoms with Gasteiger partial charge in [0, 0.05) is 11.3 Å². The fourth-order valence-corrected chi connectivity index (χ4v) is 3.11. The Morgan fingerprint density at radius 2 is 1.72 bits per heavy atom. The molecule has 1 N–H and O–H groups in total. The molecule has 0 aliphatic carbocycles. The number of hydrogen-bond donors (Lipinski definition) is 1. The topological polar surface area (TPSA) is 47.6 Å². The summed E-state index contributed by atoms with van der Waals surface area (Å²) in [4.78, 5) is 12.7. The van der Waals surface area contributed by atoms with Gasteiger partial charge in [-0.05, 0) is 50.1 Å². The van der Waals surface area contributed by atoms with Crippen molar-refractivity contribution in [3.8, 4) is 11.5 Å². The predicted molar refractivity (Wildman–Crippen MR) is 117 cm³/mol. The first-order chi connectivity index (χ1) is 14.0. The van der Waals surface area contributed by atoms with Crippen molar-refractivity contribution < 1.29 is 14.3 Å². The van der Waals surface area contributed by atoms with E-state index >= 15 is 0 Å². The maximum atomic E-state index is 12.7. The van der Waals surface area contributed by atoms with Gasteiger partial charge in [0.05, 0.1) is 11.6 Å². The molecule has 3 aromatic rings. The van der Waals surface area contributed by atoms with E-state index in [0.29, 0.717) is 35.3 Å². The molecule has 0 bridgehead atoms. The van der Waals surface area contributed by atoms with Gasteiger partial charge in [-0.15, -0.1) is 0 Å². The molecule has 0 heterocycles. The summed E-state index contributed by atoms with van der Waals surface area (Å²) in [6.07, 6.45) is 0. The molecule has 3 rings (SSSR count). The van der Waals surface area contributed by atoms with Crippen LogP contribution in [0, 0.1) is 13.8 Å². The second kappa shape index (κ2) is 9.48. The van der Waals surface area contributed by atoms with Crippen LogP contribution in [0.25, 0.3) is 0 Å². The van der Waals surface area contributed by atoms with Crippen molar-refractivity contribution in [1.29, 1.82) is 0 Å². The minimum Gasteiger partial charge on any atom is -0.490 e. The van der Waals surface area contributed by atoms with E-state index in [1.807, 2.05) is 69.3 Å². The van der Waals surface area contributed by atoms with E-state index in [9.17, 15) is 4.79 Å². The number of anilines is 1. The lowest BCUT2D eigenvalue weighted by Crippen LogP contribution is -2.13. The van der Waals surface area contributed by atoms with Crippen molar-refractivity contribution in [3.05, 3.63) is 87.9 Å². The van der Waals surface area contributed by atoms with Crippen molar-refractivity contribution in [2.75, 3.05) is 11.9 Å². The molecule has 4 nitrogen and oxygen atoms in total. The van der Waals surface area contributed by atoms with Crippen LogP contribution in [0.15, 0.2) is 60.7 Å². The second-order valence-corrected chi connectivity index (χ2v) is 7.17. The van der Waals surface area contributed by atoms with Crippen LogP contribution < -0.4 is 14.8 Å². The number of halogens is 1. The van der Waals surface area contributed by atoms with Gasteiger partial charge in [0.15, 0.2) is 11.5 Å². The standard InChI is InChI=1S/C24H24ClNO3/c1-4-28-22-14-19(24(27)26-21-8-6-5-7-17(21)3)13-20(25)23(22)29-15-18-11-9-16(2)10-12-18/h5-14H,4,15H2,1-3H3,(H,26,27). The molecule has 29 heavy (non-hydrogen) atoms. The van der Waals surface area contributed by atoms with Gasteiger partial charge in [-0.1, -0.05) is 59.6 Å². The average Bonchev–Trinajstić information content (AvgIpc) is 2.70. The lowest BCUT2D eigenvalue weighted by molar-refractivity contribution is 0.102. The Bertz CT molecular complexity index is 1000. The Morgan fingerprint density at radius 3 is 2.41 bits per heavy atom. The molecular formula is C24H24ClNO3. The monoisotopic (exact) mass is 409 g/mol. The molecule has 150 valence electrons. The summed E-state index contributed by atoms with van der Waals surface area (Å²) < 4.78 is 11.6. The summed E-state index contributed by atoms with van der Waals surface area (Å²) in [6, 6.07) is 18.9. The SMILES string of the molecule is CCOc1cc(C(=O)Nc2ccccc2C)cc(Cl)c1OCc1ccc(C)cc1. The largest absolute Gasteiger partial charge is 0.490 e. The molecule has 0 radical (unpaired) electrons. The fourth-order valence-electron chi connectivity index (χ4n) is 2.85. The van der Waals surface area contributed by atoms with Gasteiger partial charge in [0.2, 0.25) is 0 Å². The highest BCUT2D eigenvalue weighted by molar-refractivity contribution is 6.32. The van der Waals surface area contributed by atoms with Crippen molar-refractivity contribution in [3.63, 3.8) is 0 Å². The third-order valence-corrected chi connectivity index (χ3v) is 4.75. The molecule has 0 atom stereocenters. The molecule has 5 heteroatoms. The minimum absolute atomic E-state index is 0.257. The smallest absolute Gasteiger partial charge is 0.255 e. The molecule has 1 amide bonds. The molecule has 0 saturated heterocycles. The van der Waals surface area contributed by atoms with E-state index in [-0.39, 0.29) is 5.91 Å². The molecule has 3 aromatic carbocycles. The van der Waals surface area contributed by atoms with Crippen LogP contribution >= 0.6 is 11.6 Å². The first-order valence-corrected chi connectivity index (χ1v) is 9.87. The summed E-state index contributed by atoms with van der Waals surface area (Å²) in [6.45, 7) is 6.64. The zero-order chi connectivity index (χ0) is 20.8. The fraction of sp³-hybridized carbons (Fsp3) is 0.208. The van der Waals surface area contributed by atoms with E-state index in [1.54, 1.807) is 12.1 Å². The van der Waals surface area contributed by atoms with Crippen molar-refractivity contribution >= 4 is 23.2 Å². The number of carbonyl (C=O) groups excluding carboxylic acids is 1. The Morgan fingerprint density at radius 1 is 1.00 bits per heavy atom. The Labute approximate surface area is 176 Å². The zero-order valence-electron chi connectivity index (χ0n) is 16.8. The first kappa shape index (κ1) is 20.7. The number of aryl methyl sites for hydroxylation is 2. The third-order valence-electron chi connectivity index (χ3n) is 4.47. The second-order valence-electron chi connectivity index (χ2n) is 6.76. The van der Waals surface area contributed by atoms with Gasteiger partial charge >= 0.3 is 0 Å². The molecule has 0 aliphatic heterocycles. The van der Waals surface area contributed by atoms with E-state index in [4.69, 9.17) is 21.1 Å². The van der Waals surface area contributed by atoms with E-state index in [2.05, 4.69) is 5.32 Å². The zero-order valence-corrected chi connectivity index (χ0v) is 17.5. The van der Waals surface area contributed by atoms with Gasteiger partial charge in [-0.3, -0.25) is 4.79 Å². The van der Waals surface area contributed by atoms with E-state index in [0.717, 1.165) is 16.8 Å². The molecule has 0 unspecified atom stereocenters. The van der Waals surface area contributed by atoms with Crippen molar-refractivity contribution in [1.82, 2.24) is 0 Å². The van der Waals surface area contributed by atoms with Crippen LogP contribution in [-0.2, 0) is 6.61 Å². The number of hydrogen-bond acceptors (Lipinski definition) is 3. The number of benzene rings is 3. The summed E-state index contributed by atoms with van der Waals surface area (Å²) in [5.41, 5.74) is 4.35. The van der Waals surface area contributed by atoms with Crippen LogP contribution in [0.3, 0.4) is 0 Å². The van der Waals surface area contributed by atoms with Gasteiger partial charge in [-0.2, -0.15) is 0 Å². The highest BCUT2D eigenvalue weighted by atomic mass is 35.5. The molecule has 0 spiro atoms. The van der Waals surface area contributed by atoms with Crippen molar-refractivity contribution in [2.45, 2.75) is 27.4 Å². The number of rotatable bonds is 7. The van der Waals surface area contributed by atoms with Crippen LogP contribution in [0.4, 0.5) is 5.69 Å². The molecule has 0 aromatic heterocycles. The van der Waals surface area contributed by atoms with Crippen LogP contribution in [0.2, 0.25) is 5.02 Å². The predicted octanol–water partition coefficient (Wildman–Crippen LogP) is 6.19. The highest BCUT2D eigenvalue weighted by Gasteiger charge is 2.17. The van der Waals surface area contributed by atoms with Crippen LogP contribution in [-0.4, -0.2) is 12.5 Å². The molecule has 0 aliphatic rings. The van der Waals surface area contributed by atoms with E-state index < -0.39 is 0 Å². The maximum Gasteiger partial charge on any atom is 0.255 e. The number of nitrogens with one attached hydrogen (secondary N) is 1. The summed E-state index contributed by atoms with van der Waals surface area (Å²) in [5, 5.41) is 3.24. The van der Waals surface area contributed by atoms with Crippen LogP contribution in [0.1, 0.15) is 34.0 Å². The van der Waals surface area contributed by atoms with Gasteiger partial charge in [-0.25, -0.2) is 0 Å². The van der Waals surface area contributed by atoms with Gasteiger partial charge in [0.1, 0.15) is 6.61 Å². The number of ether oxygens (including phenoxy) is 2. The Kier molecular flexibility index (Phi) is 6.78. The Balaban J connectivity index is 1.82. The summed E-state index contributed by atoms with van der Waals surface area (Å²) in [5.74, 6) is 0.621. The normalized spacial score (nSPS) is 10.5. The van der Waals surface area contributed by atoms with Crippen molar-refractivity contribution in [2.24, 2.45) is 0 Å².